The average molecular weight is 377 g/mol. The fourth-order valence-corrected chi connectivity index (χ4v) is 2.96. The molecule has 1 saturated heterocycles. The molecule has 8 heteroatoms. The molecule has 2 rings (SSSR count). The van der Waals surface area contributed by atoms with Crippen LogP contribution in [0.1, 0.15) is 38.2 Å². The molecule has 0 unspecified atom stereocenters. The van der Waals surface area contributed by atoms with Crippen LogP contribution in [0.2, 0.25) is 0 Å². The van der Waals surface area contributed by atoms with Crippen molar-refractivity contribution in [2.45, 2.75) is 39.2 Å². The van der Waals surface area contributed by atoms with Crippen LogP contribution in [-0.2, 0) is 20.9 Å². The van der Waals surface area contributed by atoms with E-state index in [1.54, 1.807) is 0 Å². The second-order valence-corrected chi connectivity index (χ2v) is 6.57. The van der Waals surface area contributed by atoms with Gasteiger partial charge in [-0.15, -0.1) is 4.91 Å². The van der Waals surface area contributed by atoms with Crippen LogP contribution >= 0.6 is 0 Å². The van der Waals surface area contributed by atoms with Crippen LogP contribution < -0.4 is 4.74 Å². The minimum Gasteiger partial charge on any atom is -0.494 e. The molecule has 0 aliphatic carbocycles. The topological polar surface area (TPSA) is 88.5 Å². The van der Waals surface area contributed by atoms with E-state index in [1.165, 1.54) is 31.7 Å². The summed E-state index contributed by atoms with van der Waals surface area (Å²) in [7, 11) is 0. The molecule has 27 heavy (non-hydrogen) atoms. The minimum atomic E-state index is -0.649. The normalized spacial score (nSPS) is 14.4. The molecule has 0 N–H and O–H groups in total. The van der Waals surface area contributed by atoms with Crippen molar-refractivity contribution in [1.29, 1.82) is 0 Å². The molecule has 1 heterocycles. The number of hydrogen-bond acceptors (Lipinski definition) is 7. The molecule has 1 aliphatic rings. The van der Waals surface area contributed by atoms with Gasteiger partial charge in [-0.25, -0.2) is 0 Å². The first kappa shape index (κ1) is 20.8. The molecule has 0 aromatic heterocycles. The zero-order valence-electron chi connectivity index (χ0n) is 15.8. The van der Waals surface area contributed by atoms with Crippen molar-refractivity contribution in [1.82, 2.24) is 9.91 Å². The monoisotopic (exact) mass is 377 g/mol. The quantitative estimate of drug-likeness (QED) is 0.269. The van der Waals surface area contributed by atoms with E-state index in [4.69, 9.17) is 4.74 Å². The molecule has 0 saturated carbocycles. The number of nitrogens with zero attached hydrogens (tertiary/aromatic N) is 3. The van der Waals surface area contributed by atoms with E-state index in [1.807, 2.05) is 18.2 Å². The van der Waals surface area contributed by atoms with Crippen molar-refractivity contribution in [3.05, 3.63) is 34.7 Å². The zero-order valence-corrected chi connectivity index (χ0v) is 15.8. The third-order valence-electron chi connectivity index (χ3n) is 4.32. The number of piperidine rings is 1. The first-order valence-corrected chi connectivity index (χ1v) is 9.29. The first-order chi connectivity index (χ1) is 13.1. The molecule has 8 nitrogen and oxygen atoms in total. The lowest BCUT2D eigenvalue weighted by atomic mass is 10.1. The van der Waals surface area contributed by atoms with Gasteiger partial charge in [0.1, 0.15) is 5.75 Å². The highest BCUT2D eigenvalue weighted by Gasteiger charge is 2.15. The standard InChI is InChI=1S/C19H27N3O5/c1-16(23)27-15-19(24)22(20-25)11-6-12-26-18-8-5-7-17(13-18)14-21-9-3-2-4-10-21/h5,7-8,13H,2-4,6,9-12,14-15H2,1H3. The summed E-state index contributed by atoms with van der Waals surface area (Å²) in [6.45, 7) is 4.36. The van der Waals surface area contributed by atoms with Gasteiger partial charge >= 0.3 is 5.97 Å². The molecule has 0 bridgehead atoms. The highest BCUT2D eigenvalue weighted by Crippen LogP contribution is 2.17. The molecule has 1 aromatic carbocycles. The van der Waals surface area contributed by atoms with Gasteiger partial charge in [-0.05, 0) is 43.6 Å². The highest BCUT2D eigenvalue weighted by molar-refractivity contribution is 5.79. The molecular formula is C19H27N3O5. The molecule has 1 fully saturated rings. The molecule has 0 spiro atoms. The van der Waals surface area contributed by atoms with Crippen LogP contribution in [0, 0.1) is 4.91 Å². The number of esters is 1. The Kier molecular flexibility index (Phi) is 8.70. The number of ether oxygens (including phenoxy) is 2. The Morgan fingerprint density at radius 3 is 2.70 bits per heavy atom. The van der Waals surface area contributed by atoms with Gasteiger partial charge in [0.15, 0.2) is 6.61 Å². The Bertz CT molecular complexity index is 632. The number of benzene rings is 1. The number of carbonyl (C=O) groups excluding carboxylic acids is 2. The number of hydrogen-bond donors (Lipinski definition) is 0. The summed E-state index contributed by atoms with van der Waals surface area (Å²) in [6, 6.07) is 7.97. The maximum Gasteiger partial charge on any atom is 0.303 e. The first-order valence-electron chi connectivity index (χ1n) is 9.29. The SMILES string of the molecule is CC(=O)OCC(=O)N(CCCOc1cccc(CN2CCCCC2)c1)N=O. The second-order valence-electron chi connectivity index (χ2n) is 6.57. The Morgan fingerprint density at radius 1 is 1.22 bits per heavy atom. The Morgan fingerprint density at radius 2 is 2.00 bits per heavy atom. The summed E-state index contributed by atoms with van der Waals surface area (Å²) >= 11 is 0. The van der Waals surface area contributed by atoms with Gasteiger partial charge in [-0.3, -0.25) is 14.5 Å². The van der Waals surface area contributed by atoms with E-state index < -0.39 is 18.5 Å². The fraction of sp³-hybridized carbons (Fsp3) is 0.579. The van der Waals surface area contributed by atoms with Crippen molar-refractivity contribution in [2.24, 2.45) is 5.29 Å². The maximum absolute atomic E-state index is 11.7. The van der Waals surface area contributed by atoms with Gasteiger partial charge in [0.2, 0.25) is 0 Å². The lowest BCUT2D eigenvalue weighted by molar-refractivity contribution is -0.150. The number of amides is 1. The van der Waals surface area contributed by atoms with Gasteiger partial charge in [0.25, 0.3) is 5.91 Å². The van der Waals surface area contributed by atoms with Crippen LogP contribution in [0.4, 0.5) is 0 Å². The summed E-state index contributed by atoms with van der Waals surface area (Å²) in [5.74, 6) is -0.466. The van der Waals surface area contributed by atoms with Crippen molar-refractivity contribution in [2.75, 3.05) is 32.8 Å². The van der Waals surface area contributed by atoms with E-state index in [0.717, 1.165) is 30.4 Å². The molecular weight excluding hydrogens is 350 g/mol. The Balaban J connectivity index is 1.72. The lowest BCUT2D eigenvalue weighted by Gasteiger charge is -2.26. The van der Waals surface area contributed by atoms with E-state index >= 15 is 0 Å². The maximum atomic E-state index is 11.7. The fourth-order valence-electron chi connectivity index (χ4n) is 2.96. The summed E-state index contributed by atoms with van der Waals surface area (Å²) < 4.78 is 10.3. The molecule has 1 amide bonds. The van der Waals surface area contributed by atoms with Crippen molar-refractivity contribution in [3.8, 4) is 5.75 Å². The smallest absolute Gasteiger partial charge is 0.303 e. The van der Waals surface area contributed by atoms with Gasteiger partial charge in [0, 0.05) is 19.9 Å². The van der Waals surface area contributed by atoms with Crippen LogP contribution in [0.15, 0.2) is 29.6 Å². The van der Waals surface area contributed by atoms with Crippen LogP contribution in [0.5, 0.6) is 5.75 Å². The predicted molar refractivity (Wildman–Crippen MR) is 99.8 cm³/mol. The average Bonchev–Trinajstić information content (AvgIpc) is 2.67. The van der Waals surface area contributed by atoms with E-state index in [9.17, 15) is 14.5 Å². The molecule has 148 valence electrons. The molecule has 1 aromatic rings. The van der Waals surface area contributed by atoms with Gasteiger partial charge < -0.3 is 9.47 Å². The van der Waals surface area contributed by atoms with Crippen molar-refractivity contribution >= 4 is 11.9 Å². The number of carbonyl (C=O) groups is 2. The van der Waals surface area contributed by atoms with Gasteiger partial charge in [0.05, 0.1) is 18.4 Å². The zero-order chi connectivity index (χ0) is 19.5. The lowest BCUT2D eigenvalue weighted by Crippen LogP contribution is -2.31. The predicted octanol–water partition coefficient (Wildman–Crippen LogP) is 2.51. The third-order valence-corrected chi connectivity index (χ3v) is 4.32. The summed E-state index contributed by atoms with van der Waals surface area (Å²) in [5.41, 5.74) is 1.21. The third kappa shape index (κ3) is 7.74. The van der Waals surface area contributed by atoms with Crippen LogP contribution in [-0.4, -0.2) is 54.6 Å². The summed E-state index contributed by atoms with van der Waals surface area (Å²) in [4.78, 5) is 35.6. The number of likely N-dealkylation sites (tertiary alicyclic amines) is 1. The molecule has 0 atom stereocenters. The van der Waals surface area contributed by atoms with Crippen LogP contribution in [0.25, 0.3) is 0 Å². The summed E-state index contributed by atoms with van der Waals surface area (Å²) in [6.07, 6.45) is 4.27. The van der Waals surface area contributed by atoms with Crippen molar-refractivity contribution in [3.63, 3.8) is 0 Å². The molecule has 1 aliphatic heterocycles. The summed E-state index contributed by atoms with van der Waals surface area (Å²) in [5, 5.41) is 3.42. The Hall–Kier alpha value is -2.48. The minimum absolute atomic E-state index is 0.108. The Labute approximate surface area is 159 Å². The molecule has 0 radical (unpaired) electrons. The van der Waals surface area contributed by atoms with Gasteiger partial charge in [-0.1, -0.05) is 18.6 Å². The second kappa shape index (κ2) is 11.3. The number of nitroso groups, excluding NO2 is 1. The largest absolute Gasteiger partial charge is 0.494 e. The number of rotatable bonds is 10. The van der Waals surface area contributed by atoms with E-state index in [2.05, 4.69) is 21.0 Å². The van der Waals surface area contributed by atoms with Crippen molar-refractivity contribution < 1.29 is 19.1 Å². The van der Waals surface area contributed by atoms with E-state index in [-0.39, 0.29) is 6.54 Å². The van der Waals surface area contributed by atoms with Crippen LogP contribution in [0.3, 0.4) is 0 Å². The van der Waals surface area contributed by atoms with Gasteiger partial charge in [-0.2, -0.15) is 5.01 Å². The highest BCUT2D eigenvalue weighted by atomic mass is 16.5. The van der Waals surface area contributed by atoms with E-state index in [0.29, 0.717) is 13.0 Å².